The number of carbonyl (C=O) groups excluding carboxylic acids is 2. The van der Waals surface area contributed by atoms with Crippen LogP contribution < -0.4 is 20.1 Å². The van der Waals surface area contributed by atoms with Gasteiger partial charge in [0.1, 0.15) is 11.3 Å². The predicted octanol–water partition coefficient (Wildman–Crippen LogP) is 3.54. The number of rotatable bonds is 8. The normalized spacial score (nSPS) is 10.3. The Labute approximate surface area is 174 Å². The molecule has 0 unspecified atom stereocenters. The molecule has 0 saturated carbocycles. The van der Waals surface area contributed by atoms with E-state index in [1.54, 1.807) is 6.07 Å². The van der Waals surface area contributed by atoms with E-state index >= 15 is 0 Å². The molecule has 6 nitrogen and oxygen atoms in total. The molecule has 2 aromatic carbocycles. The average molecular weight is 425 g/mol. The van der Waals surface area contributed by atoms with E-state index in [0.717, 1.165) is 11.1 Å². The summed E-state index contributed by atoms with van der Waals surface area (Å²) in [6, 6.07) is 8.74. The highest BCUT2D eigenvalue weighted by molar-refractivity contribution is 6.37. The van der Waals surface area contributed by atoms with Gasteiger partial charge in [0.15, 0.2) is 12.4 Å². The number of nitrogens with one attached hydrogen (secondary N) is 2. The number of carbonyl (C=O) groups is 2. The number of hydrogen-bond acceptors (Lipinski definition) is 4. The second kappa shape index (κ2) is 10.2. The third kappa shape index (κ3) is 5.53. The fourth-order valence-electron chi connectivity index (χ4n) is 2.49. The fourth-order valence-corrected chi connectivity index (χ4v) is 2.95. The van der Waals surface area contributed by atoms with Gasteiger partial charge in [-0.1, -0.05) is 35.3 Å². The van der Waals surface area contributed by atoms with Gasteiger partial charge in [0.05, 0.1) is 17.2 Å². The molecule has 0 aliphatic carbocycles. The minimum atomic E-state index is -0.440. The van der Waals surface area contributed by atoms with Crippen LogP contribution in [0.15, 0.2) is 30.3 Å². The van der Waals surface area contributed by atoms with E-state index in [0.29, 0.717) is 5.75 Å². The molecule has 2 amide bonds. The van der Waals surface area contributed by atoms with Crippen LogP contribution in [0.4, 0.5) is 0 Å². The monoisotopic (exact) mass is 424 g/mol. The van der Waals surface area contributed by atoms with Crippen LogP contribution in [0, 0.1) is 13.8 Å². The fraction of sp³-hybridized carbons (Fsp3) is 0.300. The number of amides is 2. The Morgan fingerprint density at radius 2 is 1.68 bits per heavy atom. The molecule has 0 saturated heterocycles. The quantitative estimate of drug-likeness (QED) is 0.635. The molecule has 28 heavy (non-hydrogen) atoms. The molecule has 2 aromatic rings. The molecule has 0 fully saturated rings. The molecule has 0 aromatic heterocycles. The summed E-state index contributed by atoms with van der Waals surface area (Å²) in [6.07, 6.45) is 0. The van der Waals surface area contributed by atoms with Crippen LogP contribution in [0.1, 0.15) is 21.5 Å². The molecule has 2 N–H and O–H groups in total. The second-order valence-electron chi connectivity index (χ2n) is 6.03. The van der Waals surface area contributed by atoms with E-state index in [2.05, 4.69) is 10.6 Å². The van der Waals surface area contributed by atoms with Gasteiger partial charge in [0, 0.05) is 13.1 Å². The van der Waals surface area contributed by atoms with Crippen LogP contribution in [0.5, 0.6) is 11.5 Å². The summed E-state index contributed by atoms with van der Waals surface area (Å²) >= 11 is 12.1. The maximum absolute atomic E-state index is 12.4. The van der Waals surface area contributed by atoms with Crippen LogP contribution in [-0.2, 0) is 4.79 Å². The zero-order valence-corrected chi connectivity index (χ0v) is 17.4. The van der Waals surface area contributed by atoms with E-state index in [1.807, 2.05) is 32.0 Å². The zero-order chi connectivity index (χ0) is 20.7. The Bertz CT molecular complexity index is 872. The Kier molecular flexibility index (Phi) is 7.96. The summed E-state index contributed by atoms with van der Waals surface area (Å²) in [5.74, 6) is 0.155. The van der Waals surface area contributed by atoms with Crippen molar-refractivity contribution in [2.24, 2.45) is 0 Å². The van der Waals surface area contributed by atoms with Crippen molar-refractivity contribution in [2.75, 3.05) is 26.8 Å². The SMILES string of the molecule is COc1c(Cl)ccc(Cl)c1C(=O)NCCNC(=O)COc1cccc(C)c1C. The third-order valence-corrected chi connectivity index (χ3v) is 4.75. The number of methoxy groups -OCH3 is 1. The van der Waals surface area contributed by atoms with Crippen molar-refractivity contribution in [3.63, 3.8) is 0 Å². The smallest absolute Gasteiger partial charge is 0.258 e. The molecule has 0 aliphatic rings. The molecular formula is C20H22Cl2N2O4. The van der Waals surface area contributed by atoms with Gasteiger partial charge in [0.2, 0.25) is 0 Å². The predicted molar refractivity (Wildman–Crippen MR) is 110 cm³/mol. The van der Waals surface area contributed by atoms with Crippen molar-refractivity contribution in [3.05, 3.63) is 57.1 Å². The molecule has 0 atom stereocenters. The minimum absolute atomic E-state index is 0.105. The summed E-state index contributed by atoms with van der Waals surface area (Å²) in [4.78, 5) is 24.3. The first-order valence-electron chi connectivity index (χ1n) is 8.61. The first-order valence-corrected chi connectivity index (χ1v) is 9.36. The van der Waals surface area contributed by atoms with E-state index < -0.39 is 5.91 Å². The topological polar surface area (TPSA) is 76.7 Å². The summed E-state index contributed by atoms with van der Waals surface area (Å²) < 4.78 is 10.7. The van der Waals surface area contributed by atoms with Gasteiger partial charge in [-0.25, -0.2) is 0 Å². The number of aryl methyl sites for hydroxylation is 1. The number of benzene rings is 2. The lowest BCUT2D eigenvalue weighted by atomic mass is 10.1. The highest BCUT2D eigenvalue weighted by Gasteiger charge is 2.19. The molecule has 8 heteroatoms. The van der Waals surface area contributed by atoms with Crippen molar-refractivity contribution < 1.29 is 19.1 Å². The van der Waals surface area contributed by atoms with E-state index in [9.17, 15) is 9.59 Å². The zero-order valence-electron chi connectivity index (χ0n) is 15.9. The number of halogens is 2. The van der Waals surface area contributed by atoms with E-state index in [1.165, 1.54) is 13.2 Å². The van der Waals surface area contributed by atoms with Gasteiger partial charge in [-0.05, 0) is 43.2 Å². The first-order chi connectivity index (χ1) is 13.3. The van der Waals surface area contributed by atoms with Gasteiger partial charge < -0.3 is 20.1 Å². The van der Waals surface area contributed by atoms with Gasteiger partial charge >= 0.3 is 0 Å². The summed E-state index contributed by atoms with van der Waals surface area (Å²) in [6.45, 7) is 4.26. The van der Waals surface area contributed by atoms with Crippen molar-refractivity contribution in [2.45, 2.75) is 13.8 Å². The van der Waals surface area contributed by atoms with E-state index in [4.69, 9.17) is 32.7 Å². The van der Waals surface area contributed by atoms with Crippen molar-refractivity contribution in [1.82, 2.24) is 10.6 Å². The van der Waals surface area contributed by atoms with Crippen LogP contribution in [0.2, 0.25) is 10.0 Å². The molecule has 0 spiro atoms. The Morgan fingerprint density at radius 3 is 2.39 bits per heavy atom. The van der Waals surface area contributed by atoms with Gasteiger partial charge in [-0.2, -0.15) is 0 Å². The van der Waals surface area contributed by atoms with E-state index in [-0.39, 0.29) is 47.0 Å². The van der Waals surface area contributed by atoms with Crippen molar-refractivity contribution >= 4 is 35.0 Å². The average Bonchev–Trinajstić information content (AvgIpc) is 2.67. The molecular weight excluding hydrogens is 403 g/mol. The lowest BCUT2D eigenvalue weighted by Gasteiger charge is -2.13. The van der Waals surface area contributed by atoms with Crippen LogP contribution in [0.3, 0.4) is 0 Å². The summed E-state index contributed by atoms with van der Waals surface area (Å²) in [5.41, 5.74) is 2.24. The number of hydrogen-bond donors (Lipinski definition) is 2. The highest BCUT2D eigenvalue weighted by Crippen LogP contribution is 2.33. The van der Waals surface area contributed by atoms with Crippen molar-refractivity contribution in [1.29, 1.82) is 0 Å². The van der Waals surface area contributed by atoms with Crippen LogP contribution in [-0.4, -0.2) is 38.6 Å². The van der Waals surface area contributed by atoms with Crippen LogP contribution in [0.25, 0.3) is 0 Å². The Morgan fingerprint density at radius 1 is 1.00 bits per heavy atom. The lowest BCUT2D eigenvalue weighted by molar-refractivity contribution is -0.123. The maximum Gasteiger partial charge on any atom is 0.258 e. The van der Waals surface area contributed by atoms with Gasteiger partial charge in [0.25, 0.3) is 11.8 Å². The highest BCUT2D eigenvalue weighted by atomic mass is 35.5. The summed E-state index contributed by atoms with van der Waals surface area (Å²) in [5, 5.41) is 5.86. The van der Waals surface area contributed by atoms with Crippen LogP contribution >= 0.6 is 23.2 Å². The second-order valence-corrected chi connectivity index (χ2v) is 6.84. The Balaban J connectivity index is 1.80. The van der Waals surface area contributed by atoms with Gasteiger partial charge in [-0.3, -0.25) is 9.59 Å². The largest absolute Gasteiger partial charge is 0.494 e. The Hall–Kier alpha value is -2.44. The molecule has 0 heterocycles. The van der Waals surface area contributed by atoms with Gasteiger partial charge in [-0.15, -0.1) is 0 Å². The molecule has 0 bridgehead atoms. The first kappa shape index (κ1) is 21.9. The molecule has 0 aliphatic heterocycles. The molecule has 2 rings (SSSR count). The number of ether oxygens (including phenoxy) is 2. The summed E-state index contributed by atoms with van der Waals surface area (Å²) in [7, 11) is 1.41. The minimum Gasteiger partial charge on any atom is -0.494 e. The maximum atomic E-state index is 12.4. The van der Waals surface area contributed by atoms with Crippen molar-refractivity contribution in [3.8, 4) is 11.5 Å². The standard InChI is InChI=1S/C20H22Cl2N2O4/c1-12-5-4-6-16(13(12)2)28-11-17(25)23-9-10-24-20(26)18-14(21)7-8-15(22)19(18)27-3/h4-8H,9-11H2,1-3H3,(H,23,25)(H,24,26). The third-order valence-electron chi connectivity index (χ3n) is 4.14. The lowest BCUT2D eigenvalue weighted by Crippen LogP contribution is -2.37. The molecule has 150 valence electrons. The molecule has 0 radical (unpaired) electrons.